The minimum absolute atomic E-state index is 0.0641. The van der Waals surface area contributed by atoms with Gasteiger partial charge in [0.15, 0.2) is 0 Å². The molecule has 3 nitrogen and oxygen atoms in total. The van der Waals surface area contributed by atoms with Crippen LogP contribution in [0.3, 0.4) is 0 Å². The van der Waals surface area contributed by atoms with Crippen molar-refractivity contribution in [1.82, 2.24) is 0 Å². The van der Waals surface area contributed by atoms with Gasteiger partial charge in [0.05, 0.1) is 0 Å². The van der Waals surface area contributed by atoms with Gasteiger partial charge in [-0.3, -0.25) is 5.41 Å². The first-order valence-corrected chi connectivity index (χ1v) is 7.07. The molecule has 0 aliphatic rings. The molecule has 0 fully saturated rings. The third-order valence-corrected chi connectivity index (χ3v) is 4.14. The molecule has 0 amide bonds. The molecule has 0 aliphatic carbocycles. The van der Waals surface area contributed by atoms with Gasteiger partial charge in [-0.05, 0) is 37.1 Å². The summed E-state index contributed by atoms with van der Waals surface area (Å²) >= 11 is 1.78. The highest BCUT2D eigenvalue weighted by Crippen LogP contribution is 2.23. The van der Waals surface area contributed by atoms with Gasteiger partial charge in [-0.2, -0.15) is 0 Å². The average Bonchev–Trinajstić information content (AvgIpc) is 2.85. The molecule has 0 radical (unpaired) electrons. The molecule has 0 atom stereocenters. The van der Waals surface area contributed by atoms with Crippen LogP contribution < -0.4 is 10.5 Å². The SMILES string of the molecule is CCc1ccc(COc2cc(C(=N)N)ccc2C)s1. The van der Waals surface area contributed by atoms with E-state index in [1.165, 1.54) is 9.75 Å². The number of nitrogens with two attached hydrogens (primary N) is 1. The molecular formula is C15H18N2OS. The van der Waals surface area contributed by atoms with Crippen molar-refractivity contribution in [3.8, 4) is 5.75 Å². The normalized spacial score (nSPS) is 10.4. The van der Waals surface area contributed by atoms with Crippen LogP contribution in [-0.4, -0.2) is 5.84 Å². The van der Waals surface area contributed by atoms with E-state index < -0.39 is 0 Å². The summed E-state index contributed by atoms with van der Waals surface area (Å²) in [6.07, 6.45) is 1.06. The third kappa shape index (κ3) is 3.35. The van der Waals surface area contributed by atoms with Crippen molar-refractivity contribution >= 4 is 17.2 Å². The van der Waals surface area contributed by atoms with Gasteiger partial charge in [-0.25, -0.2) is 0 Å². The molecule has 0 spiro atoms. The summed E-state index contributed by atoms with van der Waals surface area (Å²) in [4.78, 5) is 2.58. The quantitative estimate of drug-likeness (QED) is 0.647. The van der Waals surface area contributed by atoms with Crippen LogP contribution in [0.2, 0.25) is 0 Å². The lowest BCUT2D eigenvalue weighted by Crippen LogP contribution is -2.11. The van der Waals surface area contributed by atoms with Crippen LogP contribution in [0, 0.1) is 12.3 Å². The van der Waals surface area contributed by atoms with E-state index >= 15 is 0 Å². The van der Waals surface area contributed by atoms with E-state index in [-0.39, 0.29) is 5.84 Å². The molecule has 0 unspecified atom stereocenters. The van der Waals surface area contributed by atoms with Gasteiger partial charge in [0, 0.05) is 15.3 Å². The first-order valence-electron chi connectivity index (χ1n) is 6.25. The molecule has 0 saturated carbocycles. The average molecular weight is 274 g/mol. The lowest BCUT2D eigenvalue weighted by molar-refractivity contribution is 0.307. The van der Waals surface area contributed by atoms with Crippen molar-refractivity contribution < 1.29 is 4.74 Å². The van der Waals surface area contributed by atoms with Crippen LogP contribution in [0.15, 0.2) is 30.3 Å². The monoisotopic (exact) mass is 274 g/mol. The molecule has 1 aromatic carbocycles. The minimum Gasteiger partial charge on any atom is -0.488 e. The molecule has 1 heterocycles. The highest BCUT2D eigenvalue weighted by Gasteiger charge is 2.05. The number of rotatable bonds is 5. The van der Waals surface area contributed by atoms with Crippen LogP contribution in [0.5, 0.6) is 5.75 Å². The van der Waals surface area contributed by atoms with Crippen LogP contribution in [0.1, 0.15) is 27.8 Å². The van der Waals surface area contributed by atoms with Crippen LogP contribution in [-0.2, 0) is 13.0 Å². The lowest BCUT2D eigenvalue weighted by atomic mass is 10.1. The second-order valence-electron chi connectivity index (χ2n) is 4.40. The molecule has 1 aromatic heterocycles. The molecule has 0 saturated heterocycles. The largest absolute Gasteiger partial charge is 0.488 e. The molecule has 3 N–H and O–H groups in total. The molecule has 19 heavy (non-hydrogen) atoms. The van der Waals surface area contributed by atoms with E-state index in [0.717, 1.165) is 17.7 Å². The highest BCUT2D eigenvalue weighted by atomic mass is 32.1. The molecular weight excluding hydrogens is 256 g/mol. The number of amidine groups is 1. The number of aryl methyl sites for hydroxylation is 2. The molecule has 100 valence electrons. The van der Waals surface area contributed by atoms with Crippen molar-refractivity contribution in [3.63, 3.8) is 0 Å². The van der Waals surface area contributed by atoms with E-state index in [9.17, 15) is 0 Å². The molecule has 4 heteroatoms. The third-order valence-electron chi connectivity index (χ3n) is 2.93. The standard InChI is InChI=1S/C15H18N2OS/c1-3-12-6-7-13(19-12)9-18-14-8-11(15(16)17)5-4-10(14)2/h4-8H,3,9H2,1-2H3,(H3,16,17). The van der Waals surface area contributed by atoms with Crippen molar-refractivity contribution in [2.45, 2.75) is 26.9 Å². The zero-order chi connectivity index (χ0) is 13.8. The number of nitrogen functional groups attached to an aromatic ring is 1. The van der Waals surface area contributed by atoms with Crippen molar-refractivity contribution in [3.05, 3.63) is 51.2 Å². The lowest BCUT2D eigenvalue weighted by Gasteiger charge is -2.09. The zero-order valence-electron chi connectivity index (χ0n) is 11.2. The Morgan fingerprint density at radius 1 is 1.26 bits per heavy atom. The number of thiophene rings is 1. The Bertz CT molecular complexity index is 590. The number of benzene rings is 1. The van der Waals surface area contributed by atoms with E-state index in [1.807, 2.05) is 25.1 Å². The summed E-state index contributed by atoms with van der Waals surface area (Å²) in [6, 6.07) is 9.84. The maximum atomic E-state index is 7.45. The summed E-state index contributed by atoms with van der Waals surface area (Å²) in [5, 5.41) is 7.45. The van der Waals surface area contributed by atoms with Gasteiger partial charge in [-0.1, -0.05) is 19.1 Å². The summed E-state index contributed by atoms with van der Waals surface area (Å²) < 4.78 is 5.83. The van der Waals surface area contributed by atoms with Gasteiger partial charge in [0.25, 0.3) is 0 Å². The fraction of sp³-hybridized carbons (Fsp3) is 0.267. The summed E-state index contributed by atoms with van der Waals surface area (Å²) in [5.74, 6) is 0.855. The van der Waals surface area contributed by atoms with Gasteiger partial charge in [0.1, 0.15) is 18.2 Å². The Morgan fingerprint density at radius 2 is 2.00 bits per heavy atom. The Balaban J connectivity index is 2.10. The van der Waals surface area contributed by atoms with Crippen molar-refractivity contribution in [2.75, 3.05) is 0 Å². The summed E-state index contributed by atoms with van der Waals surface area (Å²) in [6.45, 7) is 4.70. The van der Waals surface area contributed by atoms with E-state index in [1.54, 1.807) is 11.3 Å². The number of hydrogen-bond acceptors (Lipinski definition) is 3. The number of ether oxygens (including phenoxy) is 1. The second kappa shape index (κ2) is 5.89. The van der Waals surface area contributed by atoms with Gasteiger partial charge < -0.3 is 10.5 Å². The second-order valence-corrected chi connectivity index (χ2v) is 5.66. The maximum absolute atomic E-state index is 7.45. The molecule has 0 bridgehead atoms. The maximum Gasteiger partial charge on any atom is 0.123 e. The van der Waals surface area contributed by atoms with Gasteiger partial charge in [-0.15, -0.1) is 11.3 Å². The summed E-state index contributed by atoms with van der Waals surface area (Å²) in [5.41, 5.74) is 7.24. The number of nitrogens with one attached hydrogen (secondary N) is 1. The van der Waals surface area contributed by atoms with Gasteiger partial charge in [0.2, 0.25) is 0 Å². The fourth-order valence-corrected chi connectivity index (χ4v) is 2.63. The Kier molecular flexibility index (Phi) is 4.22. The smallest absolute Gasteiger partial charge is 0.123 e. The summed E-state index contributed by atoms with van der Waals surface area (Å²) in [7, 11) is 0. The van der Waals surface area contributed by atoms with E-state index in [0.29, 0.717) is 12.2 Å². The molecule has 2 rings (SSSR count). The first-order chi connectivity index (χ1) is 9.10. The Hall–Kier alpha value is -1.81. The topological polar surface area (TPSA) is 59.1 Å². The molecule has 2 aromatic rings. The highest BCUT2D eigenvalue weighted by molar-refractivity contribution is 7.11. The Morgan fingerprint density at radius 3 is 2.63 bits per heavy atom. The Labute approximate surface area is 117 Å². The number of hydrogen-bond donors (Lipinski definition) is 2. The van der Waals surface area contributed by atoms with Crippen LogP contribution in [0.4, 0.5) is 0 Å². The zero-order valence-corrected chi connectivity index (χ0v) is 12.0. The van der Waals surface area contributed by atoms with Crippen LogP contribution >= 0.6 is 11.3 Å². The van der Waals surface area contributed by atoms with E-state index in [4.69, 9.17) is 15.9 Å². The predicted molar refractivity (Wildman–Crippen MR) is 80.2 cm³/mol. The predicted octanol–water partition coefficient (Wildman–Crippen LogP) is 3.48. The minimum atomic E-state index is 0.0641. The van der Waals surface area contributed by atoms with Crippen LogP contribution in [0.25, 0.3) is 0 Å². The van der Waals surface area contributed by atoms with Crippen molar-refractivity contribution in [1.29, 1.82) is 5.41 Å². The van der Waals surface area contributed by atoms with Gasteiger partial charge >= 0.3 is 0 Å². The first kappa shape index (κ1) is 13.6. The van der Waals surface area contributed by atoms with E-state index in [2.05, 4.69) is 19.1 Å². The molecule has 0 aliphatic heterocycles. The fourth-order valence-electron chi connectivity index (χ4n) is 1.76. The van der Waals surface area contributed by atoms with Crippen molar-refractivity contribution in [2.24, 2.45) is 5.73 Å².